The van der Waals surface area contributed by atoms with Gasteiger partial charge in [-0.3, -0.25) is 0 Å². The van der Waals surface area contributed by atoms with Crippen molar-refractivity contribution in [2.75, 3.05) is 6.61 Å². The molecule has 0 fully saturated rings. The van der Waals surface area contributed by atoms with Gasteiger partial charge in [-0.1, -0.05) is 6.07 Å². The van der Waals surface area contributed by atoms with E-state index in [4.69, 9.17) is 4.74 Å². The lowest BCUT2D eigenvalue weighted by atomic mass is 9.94. The number of hydrogen-bond acceptors (Lipinski definition) is 2. The summed E-state index contributed by atoms with van der Waals surface area (Å²) in [6.07, 6.45) is 0.380. The molecule has 1 aliphatic heterocycles. The fourth-order valence-corrected chi connectivity index (χ4v) is 2.03. The lowest BCUT2D eigenvalue weighted by Gasteiger charge is -2.25. The second kappa shape index (κ2) is 3.28. The molecule has 14 heavy (non-hydrogen) atoms. The summed E-state index contributed by atoms with van der Waals surface area (Å²) in [6, 6.07) is 2.16. The molecular formula is C12H16O2. The Kier molecular flexibility index (Phi) is 2.23. The number of hydrogen-bond donors (Lipinski definition) is 1. The number of fused-ring (bicyclic) bond motifs is 1. The molecule has 1 unspecified atom stereocenters. The number of aliphatic hydroxyl groups excluding tert-OH is 1. The minimum atomic E-state index is -0.344. The molecule has 1 heterocycles. The number of aryl methyl sites for hydroxylation is 2. The summed E-state index contributed by atoms with van der Waals surface area (Å²) in [6.45, 7) is 6.67. The van der Waals surface area contributed by atoms with Crippen molar-refractivity contribution >= 4 is 0 Å². The molecular weight excluding hydrogens is 176 g/mol. The summed E-state index contributed by atoms with van der Waals surface area (Å²) in [5.41, 5.74) is 4.86. The van der Waals surface area contributed by atoms with Crippen LogP contribution in [0.3, 0.4) is 0 Å². The molecule has 1 N–H and O–H groups in total. The van der Waals surface area contributed by atoms with Crippen LogP contribution in [0, 0.1) is 20.8 Å². The second-order valence-corrected chi connectivity index (χ2v) is 4.11. The zero-order valence-corrected chi connectivity index (χ0v) is 8.92. The Bertz CT molecular complexity index is 369. The average molecular weight is 192 g/mol. The van der Waals surface area contributed by atoms with E-state index in [1.807, 2.05) is 0 Å². The van der Waals surface area contributed by atoms with Gasteiger partial charge in [-0.25, -0.2) is 0 Å². The van der Waals surface area contributed by atoms with Crippen molar-refractivity contribution < 1.29 is 9.84 Å². The maximum atomic E-state index is 9.52. The third kappa shape index (κ3) is 1.40. The number of ether oxygens (including phenoxy) is 1. The summed E-state index contributed by atoms with van der Waals surface area (Å²) >= 11 is 0. The average Bonchev–Trinajstić information content (AvgIpc) is 2.14. The number of aliphatic hydroxyl groups is 1. The van der Waals surface area contributed by atoms with Crippen LogP contribution in [-0.2, 0) is 6.42 Å². The highest BCUT2D eigenvalue weighted by atomic mass is 16.5. The van der Waals surface area contributed by atoms with E-state index in [-0.39, 0.29) is 6.10 Å². The first-order valence-corrected chi connectivity index (χ1v) is 5.00. The molecule has 0 spiro atoms. The Morgan fingerprint density at radius 1 is 1.29 bits per heavy atom. The molecule has 0 bridgehead atoms. The Labute approximate surface area is 84.5 Å². The van der Waals surface area contributed by atoms with Crippen LogP contribution >= 0.6 is 0 Å². The molecule has 0 saturated carbocycles. The third-order valence-electron chi connectivity index (χ3n) is 2.98. The van der Waals surface area contributed by atoms with Gasteiger partial charge in [-0.05, 0) is 37.5 Å². The van der Waals surface area contributed by atoms with Gasteiger partial charge >= 0.3 is 0 Å². The first-order valence-electron chi connectivity index (χ1n) is 5.00. The van der Waals surface area contributed by atoms with Crippen LogP contribution in [0.15, 0.2) is 6.07 Å². The van der Waals surface area contributed by atoms with Gasteiger partial charge in [0.05, 0.1) is 6.10 Å². The predicted molar refractivity (Wildman–Crippen MR) is 55.9 cm³/mol. The smallest absolute Gasteiger partial charge is 0.126 e. The second-order valence-electron chi connectivity index (χ2n) is 4.11. The highest BCUT2D eigenvalue weighted by Crippen LogP contribution is 2.33. The van der Waals surface area contributed by atoms with E-state index in [1.165, 1.54) is 22.3 Å². The number of rotatable bonds is 0. The van der Waals surface area contributed by atoms with Crippen molar-refractivity contribution in [2.45, 2.75) is 33.3 Å². The third-order valence-corrected chi connectivity index (χ3v) is 2.98. The molecule has 2 rings (SSSR count). The van der Waals surface area contributed by atoms with Crippen molar-refractivity contribution in [3.63, 3.8) is 0 Å². The Morgan fingerprint density at radius 3 is 2.71 bits per heavy atom. The lowest BCUT2D eigenvalue weighted by Crippen LogP contribution is -2.26. The van der Waals surface area contributed by atoms with Crippen molar-refractivity contribution in [3.8, 4) is 5.75 Å². The summed E-state index contributed by atoms with van der Waals surface area (Å²) in [7, 11) is 0. The van der Waals surface area contributed by atoms with Gasteiger partial charge in [0.25, 0.3) is 0 Å². The first-order chi connectivity index (χ1) is 6.59. The van der Waals surface area contributed by atoms with Gasteiger partial charge in [0, 0.05) is 12.0 Å². The van der Waals surface area contributed by atoms with Gasteiger partial charge in [0.15, 0.2) is 0 Å². The molecule has 2 nitrogen and oxygen atoms in total. The first kappa shape index (κ1) is 9.53. The predicted octanol–water partition coefficient (Wildman–Crippen LogP) is 1.91. The van der Waals surface area contributed by atoms with E-state index in [0.717, 1.165) is 12.2 Å². The molecule has 0 aromatic heterocycles. The summed E-state index contributed by atoms with van der Waals surface area (Å²) in [5.74, 6) is 0.993. The quantitative estimate of drug-likeness (QED) is 0.680. The largest absolute Gasteiger partial charge is 0.490 e. The van der Waals surface area contributed by atoms with Gasteiger partial charge < -0.3 is 9.84 Å². The maximum absolute atomic E-state index is 9.52. The lowest BCUT2D eigenvalue weighted by molar-refractivity contribution is 0.0913. The normalized spacial score (nSPS) is 20.1. The van der Waals surface area contributed by atoms with Crippen LogP contribution in [0.25, 0.3) is 0 Å². The van der Waals surface area contributed by atoms with Gasteiger partial charge in [-0.2, -0.15) is 0 Å². The van der Waals surface area contributed by atoms with Crippen LogP contribution in [-0.4, -0.2) is 17.8 Å². The highest BCUT2D eigenvalue weighted by molar-refractivity contribution is 5.50. The number of benzene rings is 1. The molecule has 76 valence electrons. The standard InChI is InChI=1S/C12H16O2/c1-7-4-8(2)11-5-10(13)6-14-12(11)9(7)3/h4,10,13H,5-6H2,1-3H3. The van der Waals surface area contributed by atoms with Crippen molar-refractivity contribution in [1.82, 2.24) is 0 Å². The monoisotopic (exact) mass is 192 g/mol. The van der Waals surface area contributed by atoms with Crippen LogP contribution < -0.4 is 4.74 Å². The topological polar surface area (TPSA) is 29.5 Å². The Morgan fingerprint density at radius 2 is 2.00 bits per heavy atom. The minimum absolute atomic E-state index is 0.344. The molecule has 0 aliphatic carbocycles. The van der Waals surface area contributed by atoms with Crippen LogP contribution in [0.1, 0.15) is 22.3 Å². The van der Waals surface area contributed by atoms with E-state index >= 15 is 0 Å². The van der Waals surface area contributed by atoms with E-state index in [9.17, 15) is 5.11 Å². The van der Waals surface area contributed by atoms with Crippen LogP contribution in [0.2, 0.25) is 0 Å². The highest BCUT2D eigenvalue weighted by Gasteiger charge is 2.21. The molecule has 2 heteroatoms. The van der Waals surface area contributed by atoms with E-state index < -0.39 is 0 Å². The summed E-state index contributed by atoms with van der Waals surface area (Å²) < 4.78 is 5.58. The maximum Gasteiger partial charge on any atom is 0.126 e. The van der Waals surface area contributed by atoms with Crippen molar-refractivity contribution in [2.24, 2.45) is 0 Å². The van der Waals surface area contributed by atoms with Gasteiger partial charge in [0.2, 0.25) is 0 Å². The Balaban J connectivity index is 2.57. The van der Waals surface area contributed by atoms with Gasteiger partial charge in [-0.15, -0.1) is 0 Å². The van der Waals surface area contributed by atoms with Crippen molar-refractivity contribution in [3.05, 3.63) is 28.3 Å². The Hall–Kier alpha value is -1.02. The zero-order chi connectivity index (χ0) is 10.3. The van der Waals surface area contributed by atoms with Gasteiger partial charge in [0.1, 0.15) is 12.4 Å². The summed E-state index contributed by atoms with van der Waals surface area (Å²) in [5, 5.41) is 9.52. The molecule has 0 amide bonds. The van der Waals surface area contributed by atoms with Crippen LogP contribution in [0.5, 0.6) is 5.75 Å². The molecule has 1 aliphatic rings. The molecule has 1 aromatic carbocycles. The molecule has 1 atom stereocenters. The molecule has 0 radical (unpaired) electrons. The molecule has 1 aromatic rings. The fraction of sp³-hybridized carbons (Fsp3) is 0.500. The SMILES string of the molecule is Cc1cc(C)c2c(c1C)OCC(O)C2. The van der Waals surface area contributed by atoms with E-state index in [0.29, 0.717) is 6.61 Å². The zero-order valence-electron chi connectivity index (χ0n) is 8.92. The van der Waals surface area contributed by atoms with E-state index in [2.05, 4.69) is 26.8 Å². The molecule has 0 saturated heterocycles. The van der Waals surface area contributed by atoms with Crippen molar-refractivity contribution in [1.29, 1.82) is 0 Å². The van der Waals surface area contributed by atoms with E-state index in [1.54, 1.807) is 0 Å². The van der Waals surface area contributed by atoms with Crippen LogP contribution in [0.4, 0.5) is 0 Å². The fourth-order valence-electron chi connectivity index (χ4n) is 2.03. The summed E-state index contributed by atoms with van der Waals surface area (Å²) in [4.78, 5) is 0. The minimum Gasteiger partial charge on any atom is -0.490 e.